The van der Waals surface area contributed by atoms with E-state index in [1.54, 1.807) is 0 Å². The standard InChI is InChI=1S/C51H32N4S.C46H27N5O/c1-4-14-33(15-5-1)39-21-12-23-43-44-24-13-22-40(48(44)56-47(39)43)37-28-31-42-41-20-10-11-25-45(41)55(46(42)32-37)38-29-26-36(27-30-38)51-53-49(34-16-6-2-7-17-34)52-50(54-51)35-18-8-3-9-19-35;47-28-29-21-23-40-38(25-29)39-27-32(35-18-10-19-37-36-17-7-8-20-42(36)52-43(35)37)22-24-41(39)51(40)34-16-9-15-33(26-34)46-49-44(30-11-3-1-4-12-30)48-45(50-46)31-13-5-2-6-14-31/h1-32H;1-27H. The molecule has 0 spiro atoms. The Morgan fingerprint density at radius 2 is 0.648 bits per heavy atom. The Balaban J connectivity index is 0.000000143. The highest BCUT2D eigenvalue weighted by Gasteiger charge is 2.22. The van der Waals surface area contributed by atoms with Gasteiger partial charge < -0.3 is 13.6 Å². The third kappa shape index (κ3) is 11.2. The number of nitriles is 1. The second-order valence-electron chi connectivity index (χ2n) is 26.8. The number of thiophene rings is 1. The zero-order valence-electron chi connectivity index (χ0n) is 57.9. The molecule has 6 aromatic heterocycles. The van der Waals surface area contributed by atoms with E-state index in [4.69, 9.17) is 34.3 Å². The number of rotatable bonds is 11. The number of benzene rings is 15. The van der Waals surface area contributed by atoms with Gasteiger partial charge >= 0.3 is 0 Å². The fourth-order valence-corrected chi connectivity index (χ4v) is 16.6. The van der Waals surface area contributed by atoms with Crippen molar-refractivity contribution in [1.82, 2.24) is 39.0 Å². The Morgan fingerprint density at radius 1 is 0.250 bits per heavy atom. The quantitative estimate of drug-likeness (QED) is 0.125. The van der Waals surface area contributed by atoms with Crippen molar-refractivity contribution < 1.29 is 4.42 Å². The Kier molecular flexibility index (Phi) is 15.6. The topological polar surface area (TPSA) is 124 Å². The molecule has 15 aromatic carbocycles. The summed E-state index contributed by atoms with van der Waals surface area (Å²) in [6, 6.07) is 126. The van der Waals surface area contributed by atoms with Gasteiger partial charge in [-0.3, -0.25) is 0 Å². The van der Waals surface area contributed by atoms with E-state index in [0.29, 0.717) is 40.5 Å². The molecule has 108 heavy (non-hydrogen) atoms. The van der Waals surface area contributed by atoms with Crippen molar-refractivity contribution in [3.05, 3.63) is 363 Å². The van der Waals surface area contributed by atoms with Crippen molar-refractivity contribution in [3.8, 4) is 119 Å². The van der Waals surface area contributed by atoms with Gasteiger partial charge in [0.1, 0.15) is 11.2 Å². The lowest BCUT2D eigenvalue weighted by Crippen LogP contribution is -2.01. The van der Waals surface area contributed by atoms with Crippen molar-refractivity contribution in [1.29, 1.82) is 5.26 Å². The second kappa shape index (κ2) is 26.6. The number of nitrogens with zero attached hydrogens (tertiary/aromatic N) is 9. The molecule has 6 heterocycles. The Bertz CT molecular complexity index is 6990. The highest BCUT2D eigenvalue weighted by Crippen LogP contribution is 2.46. The van der Waals surface area contributed by atoms with Crippen molar-refractivity contribution in [3.63, 3.8) is 0 Å². The Morgan fingerprint density at radius 3 is 1.23 bits per heavy atom. The van der Waals surface area contributed by atoms with Gasteiger partial charge in [-0.05, 0) is 113 Å². The van der Waals surface area contributed by atoms with E-state index in [0.717, 1.165) is 111 Å². The van der Waals surface area contributed by atoms with Gasteiger partial charge in [0, 0.05) is 103 Å². The SMILES string of the molecule is N#Cc1ccc2c(c1)c1cc(-c3cccc4c3oc3ccccc34)ccc1n2-c1cccc(-c2nc(-c3ccccc3)nc(-c3ccccc3)n2)c1.c1ccc(-c2nc(-c3ccccc3)nc(-c3ccc(-n4c5ccccc5c5ccc(-c6cccc7c6sc6c(-c8ccccc8)cccc67)cc54)cc3)n2)cc1. The first-order valence-corrected chi connectivity index (χ1v) is 36.7. The third-order valence-corrected chi connectivity index (χ3v) is 21.6. The summed E-state index contributed by atoms with van der Waals surface area (Å²) in [5.41, 5.74) is 21.3. The van der Waals surface area contributed by atoms with Crippen LogP contribution in [0.25, 0.3) is 199 Å². The van der Waals surface area contributed by atoms with E-state index in [9.17, 15) is 5.26 Å². The predicted molar refractivity (Wildman–Crippen MR) is 442 cm³/mol. The minimum absolute atomic E-state index is 0.586. The molecule has 11 heteroatoms. The van der Waals surface area contributed by atoms with E-state index >= 15 is 0 Å². The van der Waals surface area contributed by atoms with E-state index in [1.165, 1.54) is 53.2 Å². The maximum absolute atomic E-state index is 9.90. The molecule has 0 bridgehead atoms. The summed E-state index contributed by atoms with van der Waals surface area (Å²) in [4.78, 5) is 29.7. The summed E-state index contributed by atoms with van der Waals surface area (Å²) >= 11 is 1.89. The number of hydrogen-bond donors (Lipinski definition) is 0. The summed E-state index contributed by atoms with van der Waals surface area (Å²) in [7, 11) is 0. The van der Waals surface area contributed by atoms with Gasteiger partial charge in [-0.25, -0.2) is 29.9 Å². The molecule has 504 valence electrons. The first kappa shape index (κ1) is 63.1. The normalized spacial score (nSPS) is 11.5. The molecular weight excluding hydrogens is 1340 g/mol. The van der Waals surface area contributed by atoms with Gasteiger partial charge in [0.05, 0.1) is 33.7 Å². The first-order valence-electron chi connectivity index (χ1n) is 35.9. The van der Waals surface area contributed by atoms with E-state index in [1.807, 2.05) is 181 Å². The van der Waals surface area contributed by atoms with Crippen molar-refractivity contribution in [2.45, 2.75) is 0 Å². The van der Waals surface area contributed by atoms with Crippen LogP contribution in [-0.2, 0) is 0 Å². The molecular formula is C97H59N9OS. The molecule has 0 atom stereocenters. The van der Waals surface area contributed by atoms with Crippen molar-refractivity contribution >= 4 is 97.1 Å². The largest absolute Gasteiger partial charge is 0.455 e. The van der Waals surface area contributed by atoms with Crippen molar-refractivity contribution in [2.24, 2.45) is 0 Å². The van der Waals surface area contributed by atoms with Crippen LogP contribution >= 0.6 is 11.3 Å². The zero-order valence-corrected chi connectivity index (χ0v) is 58.7. The van der Waals surface area contributed by atoms with Crippen LogP contribution in [0.3, 0.4) is 0 Å². The average molecular weight is 1400 g/mol. The van der Waals surface area contributed by atoms with Crippen LogP contribution in [0.4, 0.5) is 0 Å². The first-order chi connectivity index (χ1) is 53.5. The maximum atomic E-state index is 9.90. The Hall–Kier alpha value is -14.6. The van der Waals surface area contributed by atoms with Crippen LogP contribution in [0.15, 0.2) is 362 Å². The van der Waals surface area contributed by atoms with E-state index in [-0.39, 0.29) is 0 Å². The molecule has 10 nitrogen and oxygen atoms in total. The van der Waals surface area contributed by atoms with Crippen LogP contribution in [0.1, 0.15) is 5.56 Å². The summed E-state index contributed by atoms with van der Waals surface area (Å²) in [6.07, 6.45) is 0. The monoisotopic (exact) mass is 1400 g/mol. The fraction of sp³-hybridized carbons (Fsp3) is 0. The highest BCUT2D eigenvalue weighted by molar-refractivity contribution is 7.26. The van der Waals surface area contributed by atoms with Crippen LogP contribution in [0.5, 0.6) is 0 Å². The lowest BCUT2D eigenvalue weighted by Gasteiger charge is -2.12. The Labute approximate surface area is 624 Å². The summed E-state index contributed by atoms with van der Waals surface area (Å²) in [5, 5.41) is 19.2. The molecule has 0 amide bonds. The smallest absolute Gasteiger partial charge is 0.164 e. The number of furan rings is 1. The number of aromatic nitrogens is 8. The lowest BCUT2D eigenvalue weighted by atomic mass is 9.99. The molecule has 21 rings (SSSR count). The fourth-order valence-electron chi connectivity index (χ4n) is 15.2. The van der Waals surface area contributed by atoms with Gasteiger partial charge in [-0.1, -0.05) is 273 Å². The second-order valence-corrected chi connectivity index (χ2v) is 27.8. The molecule has 0 N–H and O–H groups in total. The molecule has 0 aliphatic rings. The van der Waals surface area contributed by atoms with Gasteiger partial charge in [0.15, 0.2) is 34.9 Å². The summed E-state index contributed by atoms with van der Waals surface area (Å²) in [5.74, 6) is 3.76. The highest BCUT2D eigenvalue weighted by atomic mass is 32.1. The van der Waals surface area contributed by atoms with Gasteiger partial charge in [0.25, 0.3) is 0 Å². The van der Waals surface area contributed by atoms with E-state index < -0.39 is 0 Å². The number of para-hydroxylation sites is 3. The molecule has 0 aliphatic carbocycles. The molecule has 0 fully saturated rings. The zero-order chi connectivity index (χ0) is 71.6. The molecule has 0 saturated heterocycles. The predicted octanol–water partition coefficient (Wildman–Crippen LogP) is 25.1. The average Bonchev–Trinajstić information content (AvgIpc) is 1.59. The van der Waals surface area contributed by atoms with Crippen LogP contribution in [0, 0.1) is 11.3 Å². The van der Waals surface area contributed by atoms with Gasteiger partial charge in [-0.15, -0.1) is 11.3 Å². The molecule has 0 unspecified atom stereocenters. The number of fused-ring (bicyclic) bond motifs is 12. The van der Waals surface area contributed by atoms with Gasteiger partial charge in [0.2, 0.25) is 0 Å². The molecule has 0 radical (unpaired) electrons. The van der Waals surface area contributed by atoms with E-state index in [2.05, 4.69) is 203 Å². The van der Waals surface area contributed by atoms with Crippen molar-refractivity contribution in [2.75, 3.05) is 0 Å². The molecule has 21 aromatic rings. The summed E-state index contributed by atoms with van der Waals surface area (Å²) in [6.45, 7) is 0. The molecule has 0 aliphatic heterocycles. The van der Waals surface area contributed by atoms with Crippen LogP contribution in [0.2, 0.25) is 0 Å². The number of hydrogen-bond acceptors (Lipinski definition) is 9. The minimum Gasteiger partial charge on any atom is -0.455 e. The maximum Gasteiger partial charge on any atom is 0.164 e. The van der Waals surface area contributed by atoms with Gasteiger partial charge in [-0.2, -0.15) is 5.26 Å². The van der Waals surface area contributed by atoms with Crippen LogP contribution in [-0.4, -0.2) is 39.0 Å². The summed E-state index contributed by atoms with van der Waals surface area (Å²) < 4.78 is 13.7. The molecule has 0 saturated carbocycles. The third-order valence-electron chi connectivity index (χ3n) is 20.3. The lowest BCUT2D eigenvalue weighted by molar-refractivity contribution is 0.670. The minimum atomic E-state index is 0.586. The van der Waals surface area contributed by atoms with Crippen LogP contribution < -0.4 is 0 Å².